The number of carboxylic acids is 1. The number of anilines is 1. The van der Waals surface area contributed by atoms with Gasteiger partial charge in [-0.25, -0.2) is 4.79 Å². The Balaban J connectivity index is 1.96. The van der Waals surface area contributed by atoms with Crippen molar-refractivity contribution in [3.05, 3.63) is 69.7 Å². The Morgan fingerprint density at radius 2 is 1.96 bits per heavy atom. The number of benzene rings is 2. The van der Waals surface area contributed by atoms with E-state index < -0.39 is 5.97 Å². The molecular weight excluding hydrogens is 372 g/mol. The molecular formula is C18H13BrN2O3. The molecule has 0 atom stereocenters. The van der Waals surface area contributed by atoms with Gasteiger partial charge in [-0.05, 0) is 48.9 Å². The smallest absolute Gasteiger partial charge is 0.335 e. The first kappa shape index (κ1) is 16.1. The molecule has 0 unspecified atom stereocenters. The third-order valence-corrected chi connectivity index (χ3v) is 4.05. The predicted octanol–water partition coefficient (Wildman–Crippen LogP) is 3.95. The van der Waals surface area contributed by atoms with Crippen LogP contribution in [0.2, 0.25) is 0 Å². The van der Waals surface area contributed by atoms with Gasteiger partial charge in [-0.2, -0.15) is 10.1 Å². The molecule has 1 aliphatic heterocycles. The summed E-state index contributed by atoms with van der Waals surface area (Å²) in [6.07, 6.45) is 1.77. The van der Waals surface area contributed by atoms with Crippen LogP contribution in [-0.2, 0) is 4.79 Å². The maximum Gasteiger partial charge on any atom is 0.335 e. The molecule has 5 nitrogen and oxygen atoms in total. The zero-order valence-electron chi connectivity index (χ0n) is 12.7. The Bertz CT molecular complexity index is 903. The van der Waals surface area contributed by atoms with Crippen molar-refractivity contribution in [3.8, 4) is 0 Å². The second-order valence-corrected chi connectivity index (χ2v) is 6.19. The molecule has 1 aliphatic rings. The van der Waals surface area contributed by atoms with Crippen LogP contribution in [0.15, 0.2) is 63.7 Å². The van der Waals surface area contributed by atoms with Crippen LogP contribution in [0.1, 0.15) is 22.8 Å². The fraction of sp³-hybridized carbons (Fsp3) is 0.0556. The predicted molar refractivity (Wildman–Crippen MR) is 96.1 cm³/mol. The highest BCUT2D eigenvalue weighted by atomic mass is 79.9. The number of carboxylic acid groups (broad SMARTS) is 1. The Hall–Kier alpha value is -2.73. The fourth-order valence-electron chi connectivity index (χ4n) is 2.39. The van der Waals surface area contributed by atoms with Crippen molar-refractivity contribution in [2.45, 2.75) is 6.92 Å². The van der Waals surface area contributed by atoms with Gasteiger partial charge in [0.15, 0.2) is 0 Å². The minimum absolute atomic E-state index is 0.109. The van der Waals surface area contributed by atoms with Crippen LogP contribution in [0.25, 0.3) is 6.08 Å². The summed E-state index contributed by atoms with van der Waals surface area (Å²) < 4.78 is 0.919. The van der Waals surface area contributed by atoms with E-state index in [4.69, 9.17) is 5.11 Å². The van der Waals surface area contributed by atoms with E-state index in [1.54, 1.807) is 25.1 Å². The summed E-state index contributed by atoms with van der Waals surface area (Å²) >= 11 is 3.40. The zero-order chi connectivity index (χ0) is 17.3. The molecule has 1 heterocycles. The highest BCUT2D eigenvalue weighted by molar-refractivity contribution is 9.10. The molecule has 0 spiro atoms. The molecule has 0 aliphatic carbocycles. The molecule has 2 aromatic carbocycles. The Morgan fingerprint density at radius 1 is 1.21 bits per heavy atom. The van der Waals surface area contributed by atoms with Crippen molar-refractivity contribution in [2.24, 2.45) is 5.10 Å². The number of nitrogens with zero attached hydrogens (tertiary/aromatic N) is 2. The molecule has 1 amide bonds. The summed E-state index contributed by atoms with van der Waals surface area (Å²) in [5.74, 6) is -1.33. The van der Waals surface area contributed by atoms with Crippen molar-refractivity contribution in [3.63, 3.8) is 0 Å². The first-order valence-corrected chi connectivity index (χ1v) is 7.95. The first-order valence-electron chi connectivity index (χ1n) is 7.16. The minimum Gasteiger partial charge on any atom is -0.478 e. The van der Waals surface area contributed by atoms with E-state index in [0.29, 0.717) is 17.0 Å². The molecule has 0 saturated carbocycles. The van der Waals surface area contributed by atoms with Crippen molar-refractivity contribution >= 4 is 45.3 Å². The summed E-state index contributed by atoms with van der Waals surface area (Å²) in [7, 11) is 0. The largest absolute Gasteiger partial charge is 0.478 e. The van der Waals surface area contributed by atoms with Gasteiger partial charge in [0.2, 0.25) is 0 Å². The van der Waals surface area contributed by atoms with Gasteiger partial charge in [-0.1, -0.05) is 34.1 Å². The normalized spacial score (nSPS) is 15.8. The lowest BCUT2D eigenvalue weighted by molar-refractivity contribution is -0.114. The number of rotatable bonds is 3. The van der Waals surface area contributed by atoms with Crippen LogP contribution in [0.5, 0.6) is 0 Å². The maximum absolute atomic E-state index is 12.7. The van der Waals surface area contributed by atoms with Crippen LogP contribution < -0.4 is 5.01 Å². The molecule has 0 bridgehead atoms. The summed E-state index contributed by atoms with van der Waals surface area (Å²) in [6, 6.07) is 13.7. The SMILES string of the molecule is CC1=NN(c2cccc(C(=O)O)c2)C(=O)/C1=C\c1cccc(Br)c1. The number of hydrogen-bond acceptors (Lipinski definition) is 3. The van der Waals surface area contributed by atoms with E-state index in [-0.39, 0.29) is 11.5 Å². The van der Waals surface area contributed by atoms with Gasteiger partial charge in [-0.3, -0.25) is 4.79 Å². The van der Waals surface area contributed by atoms with E-state index in [0.717, 1.165) is 10.0 Å². The monoisotopic (exact) mass is 384 g/mol. The molecule has 1 N–H and O–H groups in total. The Kier molecular flexibility index (Phi) is 4.31. The van der Waals surface area contributed by atoms with E-state index in [1.807, 2.05) is 24.3 Å². The summed E-state index contributed by atoms with van der Waals surface area (Å²) in [6.45, 7) is 1.75. The van der Waals surface area contributed by atoms with Gasteiger partial charge in [-0.15, -0.1) is 0 Å². The number of carbonyl (C=O) groups is 2. The topological polar surface area (TPSA) is 70.0 Å². The van der Waals surface area contributed by atoms with Crippen LogP contribution >= 0.6 is 15.9 Å². The van der Waals surface area contributed by atoms with E-state index in [2.05, 4.69) is 21.0 Å². The number of hydrogen-bond donors (Lipinski definition) is 1. The molecule has 0 radical (unpaired) electrons. The van der Waals surface area contributed by atoms with Gasteiger partial charge in [0, 0.05) is 4.47 Å². The van der Waals surface area contributed by atoms with Crippen LogP contribution in [0.4, 0.5) is 5.69 Å². The molecule has 0 saturated heterocycles. The first-order chi connectivity index (χ1) is 11.5. The molecule has 0 fully saturated rings. The van der Waals surface area contributed by atoms with Crippen LogP contribution in [0, 0.1) is 0 Å². The number of amides is 1. The van der Waals surface area contributed by atoms with Crippen molar-refractivity contribution < 1.29 is 14.7 Å². The fourth-order valence-corrected chi connectivity index (χ4v) is 2.81. The second kappa shape index (κ2) is 6.41. The lowest BCUT2D eigenvalue weighted by Crippen LogP contribution is -2.21. The molecule has 24 heavy (non-hydrogen) atoms. The Labute approximate surface area is 147 Å². The standard InChI is InChI=1S/C18H13BrN2O3/c1-11-16(9-12-4-2-6-14(19)8-12)17(22)21(20-11)15-7-3-5-13(10-15)18(23)24/h2-10H,1H3,(H,23,24)/b16-9-. The second-order valence-electron chi connectivity index (χ2n) is 5.27. The number of carbonyl (C=O) groups excluding carboxylic acids is 1. The van der Waals surface area contributed by atoms with Gasteiger partial charge < -0.3 is 5.11 Å². The quantitative estimate of drug-likeness (QED) is 0.814. The lowest BCUT2D eigenvalue weighted by Gasteiger charge is -2.12. The molecule has 2 aromatic rings. The van der Waals surface area contributed by atoms with E-state index in [9.17, 15) is 9.59 Å². The van der Waals surface area contributed by atoms with Gasteiger partial charge in [0.1, 0.15) is 0 Å². The minimum atomic E-state index is -1.05. The van der Waals surface area contributed by atoms with Crippen molar-refractivity contribution in [1.29, 1.82) is 0 Å². The molecule has 0 aromatic heterocycles. The number of aromatic carboxylic acids is 1. The third-order valence-electron chi connectivity index (χ3n) is 3.56. The van der Waals surface area contributed by atoms with Crippen LogP contribution in [-0.4, -0.2) is 22.7 Å². The van der Waals surface area contributed by atoms with Crippen molar-refractivity contribution in [2.75, 3.05) is 5.01 Å². The van der Waals surface area contributed by atoms with Crippen LogP contribution in [0.3, 0.4) is 0 Å². The summed E-state index contributed by atoms with van der Waals surface area (Å²) in [5, 5.41) is 14.6. The van der Waals surface area contributed by atoms with Gasteiger partial charge >= 0.3 is 5.97 Å². The molecule has 6 heteroatoms. The highest BCUT2D eigenvalue weighted by Crippen LogP contribution is 2.26. The zero-order valence-corrected chi connectivity index (χ0v) is 14.3. The van der Waals surface area contributed by atoms with Gasteiger partial charge in [0.25, 0.3) is 5.91 Å². The van der Waals surface area contributed by atoms with E-state index in [1.165, 1.54) is 17.1 Å². The number of halogens is 1. The summed E-state index contributed by atoms with van der Waals surface area (Å²) in [4.78, 5) is 23.8. The molecule has 3 rings (SSSR count). The third kappa shape index (κ3) is 3.14. The van der Waals surface area contributed by atoms with Gasteiger partial charge in [0.05, 0.1) is 22.5 Å². The number of hydrazone groups is 1. The average molecular weight is 385 g/mol. The molecule has 120 valence electrons. The highest BCUT2D eigenvalue weighted by Gasteiger charge is 2.29. The average Bonchev–Trinajstić information content (AvgIpc) is 2.83. The summed E-state index contributed by atoms with van der Waals surface area (Å²) in [5.41, 5.74) is 2.48. The Morgan fingerprint density at radius 3 is 2.67 bits per heavy atom. The maximum atomic E-state index is 12.7. The lowest BCUT2D eigenvalue weighted by atomic mass is 10.1. The van der Waals surface area contributed by atoms with Crippen molar-refractivity contribution in [1.82, 2.24) is 0 Å². The van der Waals surface area contributed by atoms with E-state index >= 15 is 0 Å².